The van der Waals surface area contributed by atoms with Gasteiger partial charge in [-0.05, 0) is 51.6 Å². The van der Waals surface area contributed by atoms with Crippen LogP contribution in [0.25, 0.3) is 0 Å². The van der Waals surface area contributed by atoms with Gasteiger partial charge in [0.1, 0.15) is 0 Å². The van der Waals surface area contributed by atoms with E-state index in [-0.39, 0.29) is 5.60 Å². The van der Waals surface area contributed by atoms with Crippen LogP contribution < -0.4 is 5.32 Å². The molecule has 1 saturated heterocycles. The minimum Gasteiger partial charge on any atom is -0.374 e. The quantitative estimate of drug-likeness (QED) is 0.854. The summed E-state index contributed by atoms with van der Waals surface area (Å²) in [7, 11) is 6.18. The fourth-order valence-electron chi connectivity index (χ4n) is 4.59. The molecular formula is C19H35N5O. The third kappa shape index (κ3) is 4.23. The Balaban J connectivity index is 1.64. The third-order valence-corrected chi connectivity index (χ3v) is 5.99. The Morgan fingerprint density at radius 2 is 2.04 bits per heavy atom. The van der Waals surface area contributed by atoms with Crippen LogP contribution in [0.2, 0.25) is 0 Å². The van der Waals surface area contributed by atoms with Gasteiger partial charge < -0.3 is 10.1 Å². The van der Waals surface area contributed by atoms with Crippen LogP contribution in [0, 0.1) is 5.41 Å². The molecule has 3 rings (SSSR count). The number of hydrogen-bond donors (Lipinski definition) is 1. The SMILES string of the molecule is CNCCN(C)Cc1c(C2CCC3(CC2)CC(C)(C)CO3)nnn1C. The molecular weight excluding hydrogens is 314 g/mol. The second-order valence-corrected chi connectivity index (χ2v) is 8.97. The Morgan fingerprint density at radius 1 is 1.32 bits per heavy atom. The van der Waals surface area contributed by atoms with E-state index in [4.69, 9.17) is 4.74 Å². The van der Waals surface area contributed by atoms with E-state index >= 15 is 0 Å². The number of nitrogens with one attached hydrogen (secondary N) is 1. The summed E-state index contributed by atoms with van der Waals surface area (Å²) < 4.78 is 8.23. The monoisotopic (exact) mass is 349 g/mol. The lowest BCUT2D eigenvalue weighted by atomic mass is 9.72. The molecule has 2 fully saturated rings. The summed E-state index contributed by atoms with van der Waals surface area (Å²) >= 11 is 0. The number of hydrogen-bond acceptors (Lipinski definition) is 5. The van der Waals surface area contributed by atoms with E-state index in [1.807, 2.05) is 18.8 Å². The highest BCUT2D eigenvalue weighted by Crippen LogP contribution is 2.49. The Morgan fingerprint density at radius 3 is 2.64 bits per heavy atom. The molecule has 1 aromatic rings. The van der Waals surface area contributed by atoms with Gasteiger partial charge in [0.05, 0.1) is 23.6 Å². The number of likely N-dealkylation sites (N-methyl/N-ethyl adjacent to an activating group) is 2. The van der Waals surface area contributed by atoms with Crippen molar-refractivity contribution >= 4 is 0 Å². The number of ether oxygens (including phenoxy) is 1. The van der Waals surface area contributed by atoms with E-state index in [9.17, 15) is 0 Å². The number of rotatable bonds is 6. The minimum absolute atomic E-state index is 0.131. The molecule has 2 heterocycles. The van der Waals surface area contributed by atoms with Crippen LogP contribution in [0.1, 0.15) is 63.3 Å². The Kier molecular flexibility index (Phi) is 5.51. The standard InChI is InChI=1S/C19H35N5O/c1-18(2)13-19(25-14-18)8-6-15(7-9-19)17-16(24(5)22-21-17)12-23(4)11-10-20-3/h15,20H,6-14H2,1-5H3. The van der Waals surface area contributed by atoms with Gasteiger partial charge in [-0.25, -0.2) is 0 Å². The average Bonchev–Trinajstić information content (AvgIpc) is 3.07. The van der Waals surface area contributed by atoms with Gasteiger partial charge in [0, 0.05) is 32.6 Å². The third-order valence-electron chi connectivity index (χ3n) is 5.99. The van der Waals surface area contributed by atoms with Gasteiger partial charge in [-0.2, -0.15) is 0 Å². The summed E-state index contributed by atoms with van der Waals surface area (Å²) in [6, 6.07) is 0. The van der Waals surface area contributed by atoms with Crippen LogP contribution in [0.15, 0.2) is 0 Å². The first kappa shape index (κ1) is 18.8. The molecule has 0 aromatic carbocycles. The van der Waals surface area contributed by atoms with Crippen LogP contribution >= 0.6 is 0 Å². The Labute approximate surface area is 152 Å². The van der Waals surface area contributed by atoms with Gasteiger partial charge in [0.15, 0.2) is 0 Å². The first-order valence-electron chi connectivity index (χ1n) is 9.70. The van der Waals surface area contributed by atoms with Crippen molar-refractivity contribution in [2.45, 2.75) is 64.0 Å². The summed E-state index contributed by atoms with van der Waals surface area (Å²) in [5, 5.41) is 12.1. The molecule has 0 amide bonds. The minimum atomic E-state index is 0.131. The van der Waals surface area contributed by atoms with Crippen LogP contribution in [-0.4, -0.2) is 59.3 Å². The Hall–Kier alpha value is -0.980. The van der Waals surface area contributed by atoms with Crippen molar-refractivity contribution in [2.24, 2.45) is 12.5 Å². The second-order valence-electron chi connectivity index (χ2n) is 8.97. The molecule has 1 N–H and O–H groups in total. The van der Waals surface area contributed by atoms with Gasteiger partial charge in [-0.1, -0.05) is 19.1 Å². The number of nitrogens with zero attached hydrogens (tertiary/aromatic N) is 4. The second kappa shape index (κ2) is 7.33. The van der Waals surface area contributed by atoms with E-state index in [1.54, 1.807) is 0 Å². The molecule has 0 atom stereocenters. The number of aryl methyl sites for hydroxylation is 1. The average molecular weight is 350 g/mol. The molecule has 1 aliphatic carbocycles. The predicted molar refractivity (Wildman–Crippen MR) is 99.6 cm³/mol. The van der Waals surface area contributed by atoms with E-state index in [0.29, 0.717) is 11.3 Å². The largest absolute Gasteiger partial charge is 0.374 e. The highest BCUT2D eigenvalue weighted by Gasteiger charge is 2.46. The van der Waals surface area contributed by atoms with Crippen LogP contribution in [0.4, 0.5) is 0 Å². The summed E-state index contributed by atoms with van der Waals surface area (Å²) in [4.78, 5) is 2.34. The predicted octanol–water partition coefficient (Wildman–Crippen LogP) is 2.31. The molecule has 1 aliphatic heterocycles. The fraction of sp³-hybridized carbons (Fsp3) is 0.895. The molecule has 0 radical (unpaired) electrons. The molecule has 6 heteroatoms. The lowest BCUT2D eigenvalue weighted by Gasteiger charge is -2.36. The highest BCUT2D eigenvalue weighted by atomic mass is 16.5. The summed E-state index contributed by atoms with van der Waals surface area (Å²) in [5.41, 5.74) is 2.95. The zero-order chi connectivity index (χ0) is 18.1. The van der Waals surface area contributed by atoms with Crippen molar-refractivity contribution < 1.29 is 4.74 Å². The van der Waals surface area contributed by atoms with Crippen molar-refractivity contribution in [3.8, 4) is 0 Å². The molecule has 142 valence electrons. The summed E-state index contributed by atoms with van der Waals surface area (Å²) in [5.74, 6) is 0.527. The van der Waals surface area contributed by atoms with Crippen LogP contribution in [0.5, 0.6) is 0 Å². The molecule has 1 spiro atoms. The molecule has 2 aliphatic rings. The highest BCUT2D eigenvalue weighted by molar-refractivity contribution is 5.17. The summed E-state index contributed by atoms with van der Waals surface area (Å²) in [6.45, 7) is 8.50. The van der Waals surface area contributed by atoms with Gasteiger partial charge in [0.2, 0.25) is 0 Å². The maximum Gasteiger partial charge on any atom is 0.0903 e. The molecule has 1 aromatic heterocycles. The van der Waals surface area contributed by atoms with Crippen LogP contribution in [-0.2, 0) is 18.3 Å². The van der Waals surface area contributed by atoms with Gasteiger partial charge in [-0.3, -0.25) is 9.58 Å². The van der Waals surface area contributed by atoms with Crippen molar-refractivity contribution in [3.05, 3.63) is 11.4 Å². The van der Waals surface area contributed by atoms with Crippen molar-refractivity contribution in [1.82, 2.24) is 25.2 Å². The molecule has 0 unspecified atom stereocenters. The maximum absolute atomic E-state index is 6.27. The maximum atomic E-state index is 6.27. The van der Waals surface area contributed by atoms with Crippen LogP contribution in [0.3, 0.4) is 0 Å². The van der Waals surface area contributed by atoms with E-state index < -0.39 is 0 Å². The number of aromatic nitrogens is 3. The van der Waals surface area contributed by atoms with E-state index in [1.165, 1.54) is 30.7 Å². The van der Waals surface area contributed by atoms with Crippen molar-refractivity contribution in [2.75, 3.05) is 33.8 Å². The van der Waals surface area contributed by atoms with E-state index in [0.717, 1.165) is 39.1 Å². The lowest BCUT2D eigenvalue weighted by Crippen LogP contribution is -2.34. The lowest BCUT2D eigenvalue weighted by molar-refractivity contribution is -0.0296. The van der Waals surface area contributed by atoms with E-state index in [2.05, 4.69) is 41.4 Å². The molecule has 1 saturated carbocycles. The summed E-state index contributed by atoms with van der Waals surface area (Å²) in [6.07, 6.45) is 5.86. The topological polar surface area (TPSA) is 55.2 Å². The molecule has 0 bridgehead atoms. The zero-order valence-corrected chi connectivity index (χ0v) is 16.6. The normalized spacial score (nSPS) is 29.0. The van der Waals surface area contributed by atoms with Gasteiger partial charge in [-0.15, -0.1) is 5.10 Å². The smallest absolute Gasteiger partial charge is 0.0903 e. The van der Waals surface area contributed by atoms with Crippen molar-refractivity contribution in [1.29, 1.82) is 0 Å². The van der Waals surface area contributed by atoms with Crippen molar-refractivity contribution in [3.63, 3.8) is 0 Å². The zero-order valence-electron chi connectivity index (χ0n) is 16.6. The Bertz CT molecular complexity index is 574. The molecule has 25 heavy (non-hydrogen) atoms. The van der Waals surface area contributed by atoms with Gasteiger partial charge >= 0.3 is 0 Å². The first-order valence-corrected chi connectivity index (χ1v) is 9.70. The first-order chi connectivity index (χ1) is 11.8. The van der Waals surface area contributed by atoms with Gasteiger partial charge in [0.25, 0.3) is 0 Å². The fourth-order valence-corrected chi connectivity index (χ4v) is 4.59. The molecule has 6 nitrogen and oxygen atoms in total.